The number of nitrogens with zero attached hydrogens (tertiary/aromatic N) is 3. The number of hydrogen-bond acceptors (Lipinski definition) is 6. The third-order valence-corrected chi connectivity index (χ3v) is 5.86. The fourth-order valence-corrected chi connectivity index (χ4v) is 4.26. The Morgan fingerprint density at radius 1 is 1.10 bits per heavy atom. The predicted molar refractivity (Wildman–Crippen MR) is 120 cm³/mol. The van der Waals surface area contributed by atoms with Crippen LogP contribution < -0.4 is 9.47 Å². The van der Waals surface area contributed by atoms with Gasteiger partial charge in [0.25, 0.3) is 5.89 Å². The van der Waals surface area contributed by atoms with Crippen LogP contribution in [0.4, 0.5) is 0 Å². The number of benzene rings is 1. The minimum atomic E-state index is 0.469. The number of aromatic nitrogens is 3. The second kappa shape index (κ2) is 9.50. The first kappa shape index (κ1) is 21.3. The number of pyridine rings is 1. The van der Waals surface area contributed by atoms with Crippen molar-refractivity contribution >= 4 is 0 Å². The van der Waals surface area contributed by atoms with Gasteiger partial charge >= 0.3 is 0 Å². The van der Waals surface area contributed by atoms with Crippen molar-refractivity contribution in [2.75, 3.05) is 13.7 Å². The van der Waals surface area contributed by atoms with Crippen LogP contribution in [0.25, 0.3) is 22.8 Å². The fourth-order valence-electron chi connectivity index (χ4n) is 4.26. The van der Waals surface area contributed by atoms with Gasteiger partial charge in [-0.2, -0.15) is 4.98 Å². The Kier molecular flexibility index (Phi) is 6.54. The van der Waals surface area contributed by atoms with E-state index in [1.165, 1.54) is 12.8 Å². The molecule has 31 heavy (non-hydrogen) atoms. The molecule has 1 fully saturated rings. The Morgan fingerprint density at radius 2 is 1.90 bits per heavy atom. The van der Waals surface area contributed by atoms with Crippen molar-refractivity contribution < 1.29 is 14.0 Å². The maximum absolute atomic E-state index is 5.91. The molecule has 3 aromatic rings. The van der Waals surface area contributed by atoms with Gasteiger partial charge < -0.3 is 14.0 Å². The van der Waals surface area contributed by atoms with E-state index >= 15 is 0 Å². The summed E-state index contributed by atoms with van der Waals surface area (Å²) >= 11 is 0. The van der Waals surface area contributed by atoms with Gasteiger partial charge in [-0.25, -0.2) is 4.98 Å². The van der Waals surface area contributed by atoms with Crippen molar-refractivity contribution in [1.29, 1.82) is 0 Å². The van der Waals surface area contributed by atoms with Gasteiger partial charge in [0, 0.05) is 28.8 Å². The molecule has 0 atom stereocenters. The maximum Gasteiger partial charge on any atom is 0.258 e. The first-order valence-electron chi connectivity index (χ1n) is 11.1. The van der Waals surface area contributed by atoms with E-state index in [2.05, 4.69) is 36.1 Å². The zero-order valence-electron chi connectivity index (χ0n) is 18.6. The smallest absolute Gasteiger partial charge is 0.258 e. The highest BCUT2D eigenvalue weighted by Gasteiger charge is 2.22. The molecule has 4 rings (SSSR count). The third kappa shape index (κ3) is 4.58. The van der Waals surface area contributed by atoms with Crippen LogP contribution in [0.2, 0.25) is 0 Å². The van der Waals surface area contributed by atoms with Gasteiger partial charge in [0.1, 0.15) is 5.75 Å². The summed E-state index contributed by atoms with van der Waals surface area (Å²) in [7, 11) is 1.64. The first-order chi connectivity index (χ1) is 15.1. The molecular formula is C25H30N3O3. The highest BCUT2D eigenvalue weighted by Crippen LogP contribution is 2.36. The van der Waals surface area contributed by atoms with Gasteiger partial charge in [-0.1, -0.05) is 24.9 Å². The average Bonchev–Trinajstić information content (AvgIpc) is 3.50. The molecule has 6 nitrogen and oxygen atoms in total. The third-order valence-electron chi connectivity index (χ3n) is 5.86. The first-order valence-corrected chi connectivity index (χ1v) is 11.1. The SMILES string of the molecule is [CH2]CCOc1c(C)cc(-c2noc(-c3cc(OC)nc(C4CCCC4)c3)n2)cc1CC. The van der Waals surface area contributed by atoms with Crippen molar-refractivity contribution in [1.82, 2.24) is 15.1 Å². The molecule has 0 aliphatic heterocycles. The number of rotatable bonds is 8. The summed E-state index contributed by atoms with van der Waals surface area (Å²) in [5.41, 5.74) is 4.99. The summed E-state index contributed by atoms with van der Waals surface area (Å²) in [6.07, 6.45) is 6.41. The molecule has 0 unspecified atom stereocenters. The van der Waals surface area contributed by atoms with Crippen molar-refractivity contribution in [3.05, 3.63) is 48.0 Å². The molecule has 2 aromatic heterocycles. The molecule has 0 N–H and O–H groups in total. The highest BCUT2D eigenvalue weighted by molar-refractivity contribution is 5.64. The van der Waals surface area contributed by atoms with Gasteiger partial charge in [0.2, 0.25) is 11.7 Å². The number of aryl methyl sites for hydroxylation is 2. The lowest BCUT2D eigenvalue weighted by atomic mass is 10.0. The van der Waals surface area contributed by atoms with Crippen LogP contribution in [0.5, 0.6) is 11.6 Å². The van der Waals surface area contributed by atoms with E-state index in [4.69, 9.17) is 19.0 Å². The van der Waals surface area contributed by atoms with Gasteiger partial charge in [-0.15, -0.1) is 0 Å². The average molecular weight is 421 g/mol. The lowest BCUT2D eigenvalue weighted by Gasteiger charge is -2.14. The maximum atomic E-state index is 5.91. The highest BCUT2D eigenvalue weighted by atomic mass is 16.5. The molecule has 2 heterocycles. The summed E-state index contributed by atoms with van der Waals surface area (Å²) in [4.78, 5) is 9.35. The summed E-state index contributed by atoms with van der Waals surface area (Å²) in [5, 5.41) is 4.26. The molecule has 0 spiro atoms. The lowest BCUT2D eigenvalue weighted by molar-refractivity contribution is 0.319. The monoisotopic (exact) mass is 420 g/mol. The fraction of sp³-hybridized carbons (Fsp3) is 0.440. The zero-order chi connectivity index (χ0) is 21.8. The molecule has 1 aromatic carbocycles. The van der Waals surface area contributed by atoms with E-state index in [9.17, 15) is 0 Å². The molecule has 1 aliphatic rings. The standard InChI is InChI=1S/C25H30N3O3/c1-5-11-30-23-16(3)12-19(13-17(23)6-2)24-27-25(31-28-24)20-14-21(18-9-7-8-10-18)26-22(15-20)29-4/h12-15,18H,1,5-11H2,2-4H3. The quantitative estimate of drug-likeness (QED) is 0.449. The topological polar surface area (TPSA) is 70.3 Å². The second-order valence-corrected chi connectivity index (χ2v) is 8.06. The van der Waals surface area contributed by atoms with E-state index in [0.29, 0.717) is 30.1 Å². The molecule has 0 amide bonds. The zero-order valence-corrected chi connectivity index (χ0v) is 18.6. The van der Waals surface area contributed by atoms with E-state index in [1.807, 2.05) is 19.1 Å². The molecule has 163 valence electrons. The second-order valence-electron chi connectivity index (χ2n) is 8.06. The normalized spacial score (nSPS) is 14.2. The van der Waals surface area contributed by atoms with Crippen LogP contribution >= 0.6 is 0 Å². The predicted octanol–water partition coefficient (Wildman–Crippen LogP) is 5.94. The molecule has 1 aliphatic carbocycles. The number of methoxy groups -OCH3 is 1. The van der Waals surface area contributed by atoms with Gasteiger partial charge in [0.05, 0.1) is 13.7 Å². The minimum absolute atomic E-state index is 0.469. The number of hydrogen-bond donors (Lipinski definition) is 0. The molecule has 6 heteroatoms. The Balaban J connectivity index is 1.67. The van der Waals surface area contributed by atoms with E-state index in [1.54, 1.807) is 7.11 Å². The summed E-state index contributed by atoms with van der Waals surface area (Å²) in [6.45, 7) is 8.62. The van der Waals surface area contributed by atoms with Crippen molar-refractivity contribution in [2.24, 2.45) is 0 Å². The Hall–Kier alpha value is -2.89. The Labute approximate surface area is 184 Å². The molecule has 0 bridgehead atoms. The van der Waals surface area contributed by atoms with Gasteiger partial charge in [-0.05, 0) is 68.9 Å². The van der Waals surface area contributed by atoms with Crippen molar-refractivity contribution in [3.8, 4) is 34.5 Å². The Bertz CT molecular complexity index is 1040. The number of ether oxygens (including phenoxy) is 2. The van der Waals surface area contributed by atoms with Crippen LogP contribution in [-0.2, 0) is 6.42 Å². The molecule has 0 saturated heterocycles. The lowest BCUT2D eigenvalue weighted by Crippen LogP contribution is -2.01. The van der Waals surface area contributed by atoms with Crippen LogP contribution in [-0.4, -0.2) is 28.8 Å². The van der Waals surface area contributed by atoms with Gasteiger partial charge in [-0.3, -0.25) is 0 Å². The molecule has 1 saturated carbocycles. The van der Waals surface area contributed by atoms with Crippen LogP contribution in [0.1, 0.15) is 61.8 Å². The summed E-state index contributed by atoms with van der Waals surface area (Å²) in [6, 6.07) is 8.04. The molecular weight excluding hydrogens is 390 g/mol. The van der Waals surface area contributed by atoms with Crippen LogP contribution in [0, 0.1) is 13.8 Å². The summed E-state index contributed by atoms with van der Waals surface area (Å²) < 4.78 is 17.0. The Morgan fingerprint density at radius 3 is 2.61 bits per heavy atom. The van der Waals surface area contributed by atoms with E-state index < -0.39 is 0 Å². The van der Waals surface area contributed by atoms with Crippen LogP contribution in [0.15, 0.2) is 28.8 Å². The van der Waals surface area contributed by atoms with Gasteiger partial charge in [0.15, 0.2) is 0 Å². The van der Waals surface area contributed by atoms with Crippen molar-refractivity contribution in [3.63, 3.8) is 0 Å². The van der Waals surface area contributed by atoms with Crippen molar-refractivity contribution in [2.45, 2.75) is 58.3 Å². The van der Waals surface area contributed by atoms with Crippen LogP contribution in [0.3, 0.4) is 0 Å². The molecule has 1 radical (unpaired) electrons. The van der Waals surface area contributed by atoms with E-state index in [-0.39, 0.29) is 0 Å². The summed E-state index contributed by atoms with van der Waals surface area (Å²) in [5.74, 6) is 3.02. The minimum Gasteiger partial charge on any atom is -0.493 e. The largest absolute Gasteiger partial charge is 0.493 e. The van der Waals surface area contributed by atoms with E-state index in [0.717, 1.165) is 59.4 Å².